The molecule has 1 N–H and O–H groups in total. The van der Waals surface area contributed by atoms with Crippen LogP contribution in [0.3, 0.4) is 0 Å². The number of amidine groups is 1. The van der Waals surface area contributed by atoms with E-state index in [9.17, 15) is 10.0 Å². The van der Waals surface area contributed by atoms with Gasteiger partial charge < -0.3 is 14.5 Å². The molecule has 0 bridgehead atoms. The molecule has 9 heteroatoms. The van der Waals surface area contributed by atoms with Crippen molar-refractivity contribution in [3.63, 3.8) is 0 Å². The zero-order valence-corrected chi connectivity index (χ0v) is 19.8. The van der Waals surface area contributed by atoms with E-state index in [0.717, 1.165) is 15.7 Å². The van der Waals surface area contributed by atoms with Crippen LogP contribution >= 0.6 is 11.6 Å². The summed E-state index contributed by atoms with van der Waals surface area (Å²) >= 11 is 5.94. The lowest BCUT2D eigenvalue weighted by Crippen LogP contribution is -2.35. The minimum atomic E-state index is -0.236. The standard InChI is InChI=1S/C25H25ClN5O3/c1-5-30-23(28-17(3)26)16(2)29(4)25(32)20-14-18(15-27-24(20)30)11-13-34-22-10-12-31(33)21-9-7-6-8-19(21)22/h6-10,12,14-15,33H,2-3,5,11,13H2,1,4H3/q+1/b28-23+. The summed E-state index contributed by atoms with van der Waals surface area (Å²) in [6, 6.07) is 11.0. The van der Waals surface area contributed by atoms with E-state index in [0.29, 0.717) is 53.8 Å². The van der Waals surface area contributed by atoms with Crippen LogP contribution in [0.15, 0.2) is 77.8 Å². The molecule has 1 aromatic carbocycles. The van der Waals surface area contributed by atoms with Crippen LogP contribution in [0.4, 0.5) is 5.82 Å². The number of anilines is 1. The molecule has 0 fully saturated rings. The number of carbonyl (C=O) groups excluding carboxylic acids is 1. The topological polar surface area (TPSA) is 82.1 Å². The molecular weight excluding hydrogens is 454 g/mol. The first-order valence-electron chi connectivity index (χ1n) is 10.7. The minimum Gasteiger partial charge on any atom is -0.492 e. The number of pyridine rings is 2. The third-order valence-electron chi connectivity index (χ3n) is 5.61. The van der Waals surface area contributed by atoms with Crippen molar-refractivity contribution in [1.82, 2.24) is 9.88 Å². The summed E-state index contributed by atoms with van der Waals surface area (Å²) in [5.41, 5.74) is 2.35. The third kappa shape index (κ3) is 4.32. The number of amides is 1. The number of ether oxygens (including phenoxy) is 1. The number of aromatic nitrogens is 2. The maximum atomic E-state index is 13.2. The smallest absolute Gasteiger partial charge is 0.268 e. The molecule has 1 aliphatic heterocycles. The molecule has 2 aromatic heterocycles. The fourth-order valence-corrected chi connectivity index (χ4v) is 3.93. The number of hydrogen-bond acceptors (Lipinski definition) is 5. The maximum absolute atomic E-state index is 13.2. The molecule has 34 heavy (non-hydrogen) atoms. The lowest BCUT2D eigenvalue weighted by atomic mass is 10.1. The number of carbonyl (C=O) groups is 1. The van der Waals surface area contributed by atoms with Crippen LogP contribution < -0.4 is 14.4 Å². The first kappa shape index (κ1) is 23.3. The van der Waals surface area contributed by atoms with Gasteiger partial charge in [-0.1, -0.05) is 36.9 Å². The van der Waals surface area contributed by atoms with Gasteiger partial charge in [0.05, 0.1) is 23.3 Å². The molecule has 0 saturated heterocycles. The first-order chi connectivity index (χ1) is 16.3. The van der Waals surface area contributed by atoms with Crippen molar-refractivity contribution in [3.8, 4) is 5.75 Å². The Labute approximate surface area is 202 Å². The molecule has 0 unspecified atom stereocenters. The molecule has 0 saturated carbocycles. The van der Waals surface area contributed by atoms with Gasteiger partial charge >= 0.3 is 0 Å². The number of benzene rings is 1. The van der Waals surface area contributed by atoms with Crippen molar-refractivity contribution < 1.29 is 19.5 Å². The predicted octanol–water partition coefficient (Wildman–Crippen LogP) is 3.92. The highest BCUT2D eigenvalue weighted by molar-refractivity contribution is 6.30. The van der Waals surface area contributed by atoms with E-state index >= 15 is 0 Å². The highest BCUT2D eigenvalue weighted by Gasteiger charge is 2.32. The van der Waals surface area contributed by atoms with Crippen LogP contribution in [0.2, 0.25) is 0 Å². The molecule has 3 aromatic rings. The zero-order chi connectivity index (χ0) is 24.4. The van der Waals surface area contributed by atoms with Gasteiger partial charge in [0, 0.05) is 43.1 Å². The number of likely N-dealkylation sites (N-methyl/N-ethyl adjacent to an activating group) is 2. The van der Waals surface area contributed by atoms with E-state index in [2.05, 4.69) is 23.1 Å². The van der Waals surface area contributed by atoms with Gasteiger partial charge in [-0.3, -0.25) is 10.0 Å². The summed E-state index contributed by atoms with van der Waals surface area (Å²) in [7, 11) is 1.64. The lowest BCUT2D eigenvalue weighted by Gasteiger charge is -2.24. The van der Waals surface area contributed by atoms with Crippen LogP contribution in [0.5, 0.6) is 5.75 Å². The Morgan fingerprint density at radius 3 is 2.82 bits per heavy atom. The van der Waals surface area contributed by atoms with Crippen molar-refractivity contribution in [3.05, 3.63) is 83.9 Å². The summed E-state index contributed by atoms with van der Waals surface area (Å²) < 4.78 is 7.06. The van der Waals surface area contributed by atoms with E-state index in [1.807, 2.05) is 37.3 Å². The second-order valence-electron chi connectivity index (χ2n) is 7.72. The van der Waals surface area contributed by atoms with Crippen LogP contribution in [-0.2, 0) is 6.42 Å². The van der Waals surface area contributed by atoms with Crippen LogP contribution in [0, 0.1) is 0 Å². The molecule has 174 valence electrons. The Kier molecular flexibility index (Phi) is 6.51. The quantitative estimate of drug-likeness (QED) is 0.330. The van der Waals surface area contributed by atoms with Gasteiger partial charge in [-0.2, -0.15) is 0 Å². The molecule has 0 atom stereocenters. The largest absolute Gasteiger partial charge is 0.492 e. The van der Waals surface area contributed by atoms with Crippen LogP contribution in [0.25, 0.3) is 10.9 Å². The Morgan fingerprint density at radius 1 is 1.32 bits per heavy atom. The van der Waals surface area contributed by atoms with E-state index < -0.39 is 0 Å². The van der Waals surface area contributed by atoms with Crippen molar-refractivity contribution in [2.75, 3.05) is 25.1 Å². The van der Waals surface area contributed by atoms with Crippen molar-refractivity contribution in [1.29, 1.82) is 0 Å². The number of aliphatic imine (C=N–C) groups is 1. The fraction of sp³-hybridized carbons (Fsp3) is 0.200. The summed E-state index contributed by atoms with van der Waals surface area (Å²) in [5, 5.41) is 10.9. The maximum Gasteiger partial charge on any atom is 0.268 e. The third-order valence-corrected chi connectivity index (χ3v) is 5.69. The minimum absolute atomic E-state index is 0.0906. The molecular formula is C25H25ClN5O3+. The highest BCUT2D eigenvalue weighted by Crippen LogP contribution is 2.29. The van der Waals surface area contributed by atoms with E-state index in [1.54, 1.807) is 24.2 Å². The molecule has 0 aliphatic carbocycles. The number of rotatable bonds is 6. The van der Waals surface area contributed by atoms with Gasteiger partial charge in [0.1, 0.15) is 16.7 Å². The SMILES string of the molecule is C=C(Cl)/N=C1\C(=C)N(C)C(=O)c2cc(CCOc3cc[n+](O)c4ccccc34)cnc2N1CC. The van der Waals surface area contributed by atoms with Crippen molar-refractivity contribution in [2.45, 2.75) is 13.3 Å². The number of fused-ring (bicyclic) bond motifs is 2. The average molecular weight is 479 g/mol. The van der Waals surface area contributed by atoms with Gasteiger partial charge in [0.15, 0.2) is 5.84 Å². The van der Waals surface area contributed by atoms with E-state index in [4.69, 9.17) is 16.3 Å². The number of hydrogen-bond donors (Lipinski definition) is 1. The number of halogens is 1. The Hall–Kier alpha value is -3.91. The second kappa shape index (κ2) is 9.52. The van der Waals surface area contributed by atoms with E-state index in [1.165, 1.54) is 11.1 Å². The van der Waals surface area contributed by atoms with E-state index in [-0.39, 0.29) is 11.1 Å². The van der Waals surface area contributed by atoms with Gasteiger partial charge in [0.2, 0.25) is 6.20 Å². The van der Waals surface area contributed by atoms with Crippen LogP contribution in [-0.4, -0.2) is 47.0 Å². The van der Waals surface area contributed by atoms with Gasteiger partial charge in [-0.25, -0.2) is 9.98 Å². The van der Waals surface area contributed by atoms with Gasteiger partial charge in [-0.15, -0.1) is 0 Å². The van der Waals surface area contributed by atoms with Gasteiger partial charge in [0.25, 0.3) is 11.4 Å². The highest BCUT2D eigenvalue weighted by atomic mass is 35.5. The molecule has 0 radical (unpaired) electrons. The average Bonchev–Trinajstić information content (AvgIpc) is 2.90. The monoisotopic (exact) mass is 478 g/mol. The molecule has 1 amide bonds. The van der Waals surface area contributed by atoms with Gasteiger partial charge in [-0.05, 0) is 24.6 Å². The van der Waals surface area contributed by atoms with Crippen molar-refractivity contribution in [2.24, 2.45) is 4.99 Å². The molecule has 1 aliphatic rings. The lowest BCUT2D eigenvalue weighted by molar-refractivity contribution is -0.884. The summed E-state index contributed by atoms with van der Waals surface area (Å²) in [4.78, 5) is 25.3. The Morgan fingerprint density at radius 2 is 2.09 bits per heavy atom. The summed E-state index contributed by atoms with van der Waals surface area (Å²) in [6.45, 7) is 10.5. The summed E-state index contributed by atoms with van der Waals surface area (Å²) in [5.74, 6) is 1.34. The molecule has 8 nitrogen and oxygen atoms in total. The fourth-order valence-electron chi connectivity index (χ4n) is 3.85. The van der Waals surface area contributed by atoms with Crippen molar-refractivity contribution >= 4 is 40.1 Å². The zero-order valence-electron chi connectivity index (χ0n) is 19.0. The summed E-state index contributed by atoms with van der Waals surface area (Å²) in [6.07, 6.45) is 3.80. The molecule has 3 heterocycles. The second-order valence-corrected chi connectivity index (χ2v) is 8.16. The van der Waals surface area contributed by atoms with Crippen LogP contribution in [0.1, 0.15) is 22.8 Å². The number of para-hydroxylation sites is 1. The normalized spacial score (nSPS) is 15.0. The predicted molar refractivity (Wildman–Crippen MR) is 131 cm³/mol. The number of nitrogens with zero attached hydrogens (tertiary/aromatic N) is 5. The molecule has 0 spiro atoms. The first-order valence-corrected chi connectivity index (χ1v) is 11.1. The Balaban J connectivity index is 1.60. The molecule has 4 rings (SSSR count). The Bertz CT molecular complexity index is 1340.